The van der Waals surface area contributed by atoms with E-state index in [9.17, 15) is 0 Å². The number of nitrogens with two attached hydrogens (primary N) is 1. The van der Waals surface area contributed by atoms with Crippen molar-refractivity contribution in [2.75, 3.05) is 0 Å². The average molecular weight is 527 g/mol. The number of nitrogens with zero attached hydrogens (tertiary/aromatic N) is 1. The summed E-state index contributed by atoms with van der Waals surface area (Å²) in [6.45, 7) is 1.99. The Labute approximate surface area is 240 Å². The van der Waals surface area contributed by atoms with Gasteiger partial charge in [-0.1, -0.05) is 121 Å². The second kappa shape index (κ2) is 10.3. The van der Waals surface area contributed by atoms with Crippen LogP contribution in [0.1, 0.15) is 12.5 Å². The second-order valence-corrected chi connectivity index (χ2v) is 10.4. The molecule has 0 aliphatic rings. The summed E-state index contributed by atoms with van der Waals surface area (Å²) in [4.78, 5) is 0. The lowest BCUT2D eigenvalue weighted by Gasteiger charge is -2.11. The van der Waals surface area contributed by atoms with Gasteiger partial charge in [0.25, 0.3) is 0 Å². The van der Waals surface area contributed by atoms with Crippen molar-refractivity contribution in [1.29, 1.82) is 0 Å². The summed E-state index contributed by atoms with van der Waals surface area (Å²) in [6.07, 6.45) is 5.88. The molecule has 196 valence electrons. The first-order valence-corrected chi connectivity index (χ1v) is 14.0. The fourth-order valence-electron chi connectivity index (χ4n) is 5.82. The van der Waals surface area contributed by atoms with Crippen molar-refractivity contribution in [3.63, 3.8) is 0 Å². The fourth-order valence-corrected chi connectivity index (χ4v) is 5.82. The number of fused-ring (bicyclic) bond motifs is 5. The number of allylic oxidation sites excluding steroid dienone is 3. The maximum atomic E-state index is 6.24. The number of hydrogen-bond donors (Lipinski definition) is 1. The van der Waals surface area contributed by atoms with Gasteiger partial charge in [0.05, 0.1) is 11.0 Å². The molecule has 1 aromatic heterocycles. The predicted octanol–water partition coefficient (Wildman–Crippen LogP) is 10.1. The van der Waals surface area contributed by atoms with Crippen LogP contribution in [0, 0.1) is 0 Å². The first-order chi connectivity index (χ1) is 20.2. The van der Waals surface area contributed by atoms with Crippen LogP contribution in [-0.2, 0) is 0 Å². The van der Waals surface area contributed by atoms with Crippen molar-refractivity contribution in [3.05, 3.63) is 157 Å². The van der Waals surface area contributed by atoms with E-state index >= 15 is 0 Å². The summed E-state index contributed by atoms with van der Waals surface area (Å²) in [5.74, 6) is 0. The zero-order chi connectivity index (χ0) is 27.8. The molecular formula is C39H30N2. The smallest absolute Gasteiger partial charge is 0.0619 e. The number of rotatable bonds is 5. The van der Waals surface area contributed by atoms with E-state index in [1.165, 1.54) is 54.8 Å². The minimum Gasteiger partial charge on any atom is -0.398 e. The molecule has 41 heavy (non-hydrogen) atoms. The Morgan fingerprint density at radius 2 is 1.20 bits per heavy atom. The highest BCUT2D eigenvalue weighted by atomic mass is 15.0. The molecular weight excluding hydrogens is 496 g/mol. The summed E-state index contributed by atoms with van der Waals surface area (Å²) in [6, 6.07) is 48.0. The molecule has 0 bridgehead atoms. The third-order valence-electron chi connectivity index (χ3n) is 7.89. The minimum atomic E-state index is 0.764. The normalized spacial score (nSPS) is 12.2. The minimum absolute atomic E-state index is 0.764. The molecule has 7 rings (SSSR count). The highest BCUT2D eigenvalue weighted by Gasteiger charge is 2.16. The molecule has 0 unspecified atom stereocenters. The predicted molar refractivity (Wildman–Crippen MR) is 176 cm³/mol. The van der Waals surface area contributed by atoms with Crippen LogP contribution in [0.3, 0.4) is 0 Å². The van der Waals surface area contributed by atoms with Gasteiger partial charge < -0.3 is 10.3 Å². The van der Waals surface area contributed by atoms with Gasteiger partial charge in [0, 0.05) is 27.5 Å². The second-order valence-electron chi connectivity index (χ2n) is 10.4. The van der Waals surface area contributed by atoms with Gasteiger partial charge in [0.1, 0.15) is 0 Å². The highest BCUT2D eigenvalue weighted by Crippen LogP contribution is 2.39. The molecule has 0 spiro atoms. The van der Waals surface area contributed by atoms with Crippen molar-refractivity contribution in [2.24, 2.45) is 5.73 Å². The average Bonchev–Trinajstić information content (AvgIpc) is 3.38. The highest BCUT2D eigenvalue weighted by molar-refractivity contribution is 6.19. The summed E-state index contributed by atoms with van der Waals surface area (Å²) in [5.41, 5.74) is 16.4. The maximum Gasteiger partial charge on any atom is 0.0619 e. The quantitative estimate of drug-likeness (QED) is 0.222. The van der Waals surface area contributed by atoms with E-state index in [4.69, 9.17) is 5.73 Å². The lowest BCUT2D eigenvalue weighted by atomic mass is 9.98. The van der Waals surface area contributed by atoms with E-state index in [1.807, 2.05) is 25.2 Å². The third-order valence-corrected chi connectivity index (χ3v) is 7.89. The monoisotopic (exact) mass is 526 g/mol. The van der Waals surface area contributed by atoms with Gasteiger partial charge in [-0.3, -0.25) is 0 Å². The summed E-state index contributed by atoms with van der Waals surface area (Å²) in [7, 11) is 0. The van der Waals surface area contributed by atoms with Crippen molar-refractivity contribution in [2.45, 2.75) is 6.92 Å². The van der Waals surface area contributed by atoms with Crippen molar-refractivity contribution < 1.29 is 0 Å². The molecule has 1 heterocycles. The van der Waals surface area contributed by atoms with Crippen LogP contribution in [0.15, 0.2) is 152 Å². The molecule has 0 amide bonds. The molecule has 2 N–H and O–H groups in total. The Balaban J connectivity index is 1.42. The SMILES string of the molecule is C/C=C\C=C(/N)c1ccc(-c2ccc3c(ccc4c5ccc(-c6ccccc6)cc5n(-c5ccccc5)c34)c2)cc1. The molecule has 2 heteroatoms. The zero-order valence-electron chi connectivity index (χ0n) is 23.0. The van der Waals surface area contributed by atoms with E-state index in [-0.39, 0.29) is 0 Å². The molecule has 6 aromatic carbocycles. The van der Waals surface area contributed by atoms with Gasteiger partial charge >= 0.3 is 0 Å². The molecule has 0 saturated carbocycles. The van der Waals surface area contributed by atoms with Crippen LogP contribution >= 0.6 is 0 Å². The molecule has 0 fully saturated rings. The summed E-state index contributed by atoms with van der Waals surface area (Å²) < 4.78 is 2.42. The number of para-hydroxylation sites is 1. The number of benzene rings is 6. The molecule has 0 saturated heterocycles. The molecule has 7 aromatic rings. The maximum absolute atomic E-state index is 6.24. The zero-order valence-corrected chi connectivity index (χ0v) is 23.0. The molecule has 0 aliphatic heterocycles. The molecule has 0 atom stereocenters. The standard InChI is InChI=1S/C39H30N2/c1-2-3-14-37(40)29-17-15-28(16-18-29)30-19-22-34-32(25-30)21-24-36-35-23-20-31(27-10-6-4-7-11-27)26-38(35)41(39(34)36)33-12-8-5-9-13-33/h2-26H,40H2,1H3/b3-2-,37-14-. The number of aromatic nitrogens is 1. The molecule has 2 nitrogen and oxygen atoms in total. The van der Waals surface area contributed by atoms with Crippen LogP contribution in [0.25, 0.3) is 66.2 Å². The Morgan fingerprint density at radius 3 is 1.93 bits per heavy atom. The molecule has 0 radical (unpaired) electrons. The van der Waals surface area contributed by atoms with Gasteiger partial charge in [-0.25, -0.2) is 0 Å². The van der Waals surface area contributed by atoms with Crippen LogP contribution in [-0.4, -0.2) is 4.57 Å². The fraction of sp³-hybridized carbons (Fsp3) is 0.0256. The van der Waals surface area contributed by atoms with Gasteiger partial charge in [-0.05, 0) is 70.5 Å². The third kappa shape index (κ3) is 4.40. The lowest BCUT2D eigenvalue weighted by Crippen LogP contribution is -1.95. The Hall–Kier alpha value is -5.34. The first-order valence-electron chi connectivity index (χ1n) is 14.0. The van der Waals surface area contributed by atoms with Crippen molar-refractivity contribution >= 4 is 38.3 Å². The Morgan fingerprint density at radius 1 is 0.585 bits per heavy atom. The van der Waals surface area contributed by atoms with Crippen molar-refractivity contribution in [3.8, 4) is 27.9 Å². The van der Waals surface area contributed by atoms with E-state index in [2.05, 4.69) is 138 Å². The van der Waals surface area contributed by atoms with E-state index in [0.717, 1.165) is 16.9 Å². The van der Waals surface area contributed by atoms with Gasteiger partial charge in [0.15, 0.2) is 0 Å². The number of hydrogen-bond acceptors (Lipinski definition) is 1. The lowest BCUT2D eigenvalue weighted by molar-refractivity contribution is 1.19. The van der Waals surface area contributed by atoms with Crippen LogP contribution < -0.4 is 5.73 Å². The largest absolute Gasteiger partial charge is 0.398 e. The van der Waals surface area contributed by atoms with Gasteiger partial charge in [-0.2, -0.15) is 0 Å². The van der Waals surface area contributed by atoms with Gasteiger partial charge in [-0.15, -0.1) is 0 Å². The topological polar surface area (TPSA) is 30.9 Å². The summed E-state index contributed by atoms with van der Waals surface area (Å²) >= 11 is 0. The Kier molecular flexibility index (Phi) is 6.22. The van der Waals surface area contributed by atoms with Crippen LogP contribution in [0.4, 0.5) is 0 Å². The van der Waals surface area contributed by atoms with E-state index in [0.29, 0.717) is 0 Å². The molecule has 0 aliphatic carbocycles. The first kappa shape index (κ1) is 24.7. The summed E-state index contributed by atoms with van der Waals surface area (Å²) in [5, 5.41) is 4.97. The van der Waals surface area contributed by atoms with E-state index < -0.39 is 0 Å². The Bertz CT molecular complexity index is 2080. The van der Waals surface area contributed by atoms with Crippen LogP contribution in [0.5, 0.6) is 0 Å². The van der Waals surface area contributed by atoms with Gasteiger partial charge in [0.2, 0.25) is 0 Å². The van der Waals surface area contributed by atoms with Crippen molar-refractivity contribution in [1.82, 2.24) is 4.57 Å². The van der Waals surface area contributed by atoms with E-state index in [1.54, 1.807) is 0 Å². The van der Waals surface area contributed by atoms with Crippen LogP contribution in [0.2, 0.25) is 0 Å².